The molecule has 1 atom stereocenters. The second-order valence-corrected chi connectivity index (χ2v) is 8.05. The summed E-state index contributed by atoms with van der Waals surface area (Å²) in [5.41, 5.74) is 6.64. The summed E-state index contributed by atoms with van der Waals surface area (Å²) in [4.78, 5) is 19.8. The normalized spacial score (nSPS) is 12.5. The summed E-state index contributed by atoms with van der Waals surface area (Å²) >= 11 is 0. The number of H-pyrrole nitrogens is 1. The van der Waals surface area contributed by atoms with E-state index < -0.39 is 0 Å². The number of imidazole rings is 1. The zero-order chi connectivity index (χ0) is 22.1. The fourth-order valence-corrected chi connectivity index (χ4v) is 3.89. The lowest BCUT2D eigenvalue weighted by atomic mass is 10.0. The van der Waals surface area contributed by atoms with Crippen LogP contribution in [0.1, 0.15) is 30.0 Å². The standard InChI is InChI=1S/C24H24BN7/c1-16-7-6-10-20(28-16)24-23(19-11-12-22-26-15-27-32(22)13-19)29-21(30-24)14-31(25)17(2)18-8-4-3-5-9-18/h3-13,15,17H,14,25H2,1-2H3,(H,29,30)/t17-/m1/s1. The Morgan fingerprint density at radius 1 is 1.03 bits per heavy atom. The van der Waals surface area contributed by atoms with Gasteiger partial charge in [0.2, 0.25) is 0 Å². The van der Waals surface area contributed by atoms with Crippen molar-refractivity contribution < 1.29 is 0 Å². The maximum atomic E-state index is 4.98. The number of nitrogens with zero attached hydrogens (tertiary/aromatic N) is 6. The number of hydrogen-bond donors (Lipinski definition) is 1. The molecule has 4 heterocycles. The van der Waals surface area contributed by atoms with Crippen molar-refractivity contribution >= 4 is 13.6 Å². The number of fused-ring (bicyclic) bond motifs is 1. The van der Waals surface area contributed by atoms with Gasteiger partial charge < -0.3 is 9.79 Å². The monoisotopic (exact) mass is 421 g/mol. The molecule has 4 aromatic heterocycles. The number of benzene rings is 1. The highest BCUT2D eigenvalue weighted by Gasteiger charge is 2.19. The largest absolute Gasteiger partial charge is 0.340 e. The fraction of sp³-hybridized carbons (Fsp3) is 0.167. The van der Waals surface area contributed by atoms with Crippen molar-refractivity contribution in [2.75, 3.05) is 0 Å². The van der Waals surface area contributed by atoms with Crippen LogP contribution in [0.5, 0.6) is 0 Å². The van der Waals surface area contributed by atoms with Crippen LogP contribution in [-0.4, -0.2) is 42.3 Å². The molecule has 0 fully saturated rings. The topological polar surface area (TPSA) is 75.0 Å². The lowest BCUT2D eigenvalue weighted by Crippen LogP contribution is -2.24. The molecular weight excluding hydrogens is 397 g/mol. The van der Waals surface area contributed by atoms with Gasteiger partial charge in [-0.15, -0.1) is 0 Å². The molecule has 0 aliphatic heterocycles. The molecule has 7 nitrogen and oxygen atoms in total. The van der Waals surface area contributed by atoms with Crippen LogP contribution in [0.4, 0.5) is 0 Å². The van der Waals surface area contributed by atoms with Crippen molar-refractivity contribution in [1.29, 1.82) is 0 Å². The first-order valence-electron chi connectivity index (χ1n) is 10.7. The Bertz CT molecular complexity index is 1360. The third kappa shape index (κ3) is 3.92. The third-order valence-corrected chi connectivity index (χ3v) is 5.79. The van der Waals surface area contributed by atoms with Crippen LogP contribution in [0.25, 0.3) is 28.3 Å². The van der Waals surface area contributed by atoms with Crippen molar-refractivity contribution in [3.05, 3.63) is 90.3 Å². The predicted molar refractivity (Wildman–Crippen MR) is 127 cm³/mol. The van der Waals surface area contributed by atoms with E-state index in [0.717, 1.165) is 39.8 Å². The number of aryl methyl sites for hydroxylation is 1. The first-order chi connectivity index (χ1) is 15.6. The molecule has 8 heteroatoms. The minimum atomic E-state index is 0.261. The molecular formula is C24H24BN7. The number of hydrogen-bond acceptors (Lipinski definition) is 5. The van der Waals surface area contributed by atoms with Gasteiger partial charge in [-0.3, -0.25) is 4.98 Å². The van der Waals surface area contributed by atoms with E-state index in [1.165, 1.54) is 5.56 Å². The van der Waals surface area contributed by atoms with Crippen molar-refractivity contribution in [3.63, 3.8) is 0 Å². The summed E-state index contributed by atoms with van der Waals surface area (Å²) in [5.74, 6) is 0.891. The summed E-state index contributed by atoms with van der Waals surface area (Å²) in [6.07, 6.45) is 3.52. The molecule has 5 rings (SSSR count). The van der Waals surface area contributed by atoms with Crippen LogP contribution < -0.4 is 0 Å². The van der Waals surface area contributed by atoms with Crippen LogP contribution in [0, 0.1) is 6.92 Å². The average molecular weight is 421 g/mol. The molecule has 0 radical (unpaired) electrons. The van der Waals surface area contributed by atoms with E-state index in [0.29, 0.717) is 6.54 Å². The summed E-state index contributed by atoms with van der Waals surface area (Å²) in [6, 6.07) is 20.8. The van der Waals surface area contributed by atoms with E-state index in [-0.39, 0.29) is 6.04 Å². The fourth-order valence-electron chi connectivity index (χ4n) is 3.89. The average Bonchev–Trinajstić information content (AvgIpc) is 3.45. The minimum Gasteiger partial charge on any atom is -0.340 e. The second kappa shape index (κ2) is 8.40. The van der Waals surface area contributed by atoms with Crippen LogP contribution in [0.2, 0.25) is 0 Å². The number of aromatic amines is 1. The molecule has 0 saturated heterocycles. The van der Waals surface area contributed by atoms with Crippen LogP contribution in [-0.2, 0) is 6.54 Å². The summed E-state index contributed by atoms with van der Waals surface area (Å²) in [6.45, 7) is 4.88. The molecule has 0 bridgehead atoms. The number of rotatable bonds is 6. The Kier molecular flexibility index (Phi) is 5.29. The summed E-state index contributed by atoms with van der Waals surface area (Å²) in [7, 11) is 2.12. The van der Waals surface area contributed by atoms with Gasteiger partial charge in [-0.1, -0.05) is 36.4 Å². The number of nitrogens with one attached hydrogen (secondary N) is 1. The van der Waals surface area contributed by atoms with Crippen molar-refractivity contribution in [3.8, 4) is 22.6 Å². The van der Waals surface area contributed by atoms with Gasteiger partial charge in [0.1, 0.15) is 17.8 Å². The van der Waals surface area contributed by atoms with E-state index in [1.54, 1.807) is 10.8 Å². The zero-order valence-electron chi connectivity index (χ0n) is 18.4. The molecule has 0 unspecified atom stereocenters. The van der Waals surface area contributed by atoms with Crippen molar-refractivity contribution in [2.45, 2.75) is 26.4 Å². The van der Waals surface area contributed by atoms with Crippen molar-refractivity contribution in [2.24, 2.45) is 0 Å². The molecule has 0 amide bonds. The molecule has 5 aromatic rings. The smallest absolute Gasteiger partial charge is 0.186 e. The van der Waals surface area contributed by atoms with E-state index >= 15 is 0 Å². The Balaban J connectivity index is 1.53. The van der Waals surface area contributed by atoms with Gasteiger partial charge in [0, 0.05) is 30.0 Å². The molecule has 0 spiro atoms. The maximum absolute atomic E-state index is 4.98. The number of pyridine rings is 2. The lowest BCUT2D eigenvalue weighted by molar-refractivity contribution is 0.353. The molecule has 1 aromatic carbocycles. The Morgan fingerprint density at radius 3 is 2.69 bits per heavy atom. The van der Waals surface area contributed by atoms with Gasteiger partial charge in [-0.05, 0) is 43.7 Å². The highest BCUT2D eigenvalue weighted by Crippen LogP contribution is 2.30. The van der Waals surface area contributed by atoms with Crippen LogP contribution in [0.3, 0.4) is 0 Å². The molecule has 32 heavy (non-hydrogen) atoms. The SMILES string of the molecule is BN(Cc1nc(-c2cccc(C)n2)c(-c2ccc3ncnn3c2)[nH]1)[C@H](C)c1ccccc1. The lowest BCUT2D eigenvalue weighted by Gasteiger charge is -2.24. The van der Waals surface area contributed by atoms with Gasteiger partial charge in [0.15, 0.2) is 13.6 Å². The summed E-state index contributed by atoms with van der Waals surface area (Å²) < 4.78 is 1.77. The van der Waals surface area contributed by atoms with Crippen LogP contribution in [0.15, 0.2) is 73.2 Å². The number of aromatic nitrogens is 6. The molecule has 158 valence electrons. The summed E-state index contributed by atoms with van der Waals surface area (Å²) in [5, 5.41) is 4.28. The Morgan fingerprint density at radius 2 is 1.88 bits per heavy atom. The third-order valence-electron chi connectivity index (χ3n) is 5.79. The highest BCUT2D eigenvalue weighted by atomic mass is 15.3. The highest BCUT2D eigenvalue weighted by molar-refractivity contribution is 6.04. The van der Waals surface area contributed by atoms with E-state index in [2.05, 4.69) is 59.0 Å². The van der Waals surface area contributed by atoms with Gasteiger partial charge in [0.05, 0.1) is 11.4 Å². The molecule has 1 N–H and O–H groups in total. The van der Waals surface area contributed by atoms with Gasteiger partial charge in [0.25, 0.3) is 0 Å². The first-order valence-corrected chi connectivity index (χ1v) is 10.7. The van der Waals surface area contributed by atoms with Crippen molar-refractivity contribution in [1.82, 2.24) is 34.4 Å². The Hall–Kier alpha value is -3.78. The quantitative estimate of drug-likeness (QED) is 0.424. The maximum Gasteiger partial charge on any atom is 0.186 e. The van der Waals surface area contributed by atoms with E-state index in [4.69, 9.17) is 9.97 Å². The van der Waals surface area contributed by atoms with E-state index in [9.17, 15) is 0 Å². The molecule has 0 aliphatic carbocycles. The van der Waals surface area contributed by atoms with Gasteiger partial charge in [-0.25, -0.2) is 14.5 Å². The minimum absolute atomic E-state index is 0.261. The first kappa shape index (κ1) is 20.1. The van der Waals surface area contributed by atoms with Gasteiger partial charge in [-0.2, -0.15) is 5.10 Å². The molecule has 0 aliphatic rings. The molecule has 0 saturated carbocycles. The zero-order valence-corrected chi connectivity index (χ0v) is 18.4. The predicted octanol–water partition coefficient (Wildman–Crippen LogP) is 3.60. The Labute approximate surface area is 187 Å². The second-order valence-electron chi connectivity index (χ2n) is 8.05. The van der Waals surface area contributed by atoms with E-state index in [1.807, 2.05) is 49.5 Å². The van der Waals surface area contributed by atoms with Crippen LogP contribution >= 0.6 is 0 Å². The van der Waals surface area contributed by atoms with Gasteiger partial charge >= 0.3 is 0 Å².